The smallest absolute Gasteiger partial charge is 0.143 e. The topological polar surface area (TPSA) is 64.1 Å². The lowest BCUT2D eigenvalue weighted by atomic mass is 9.92. The van der Waals surface area contributed by atoms with Crippen LogP contribution < -0.4 is 10.1 Å². The summed E-state index contributed by atoms with van der Waals surface area (Å²) in [4.78, 5) is 20.9. The molecule has 0 aromatic carbocycles. The molecule has 1 aliphatic rings. The summed E-state index contributed by atoms with van der Waals surface area (Å²) >= 11 is 6.29. The van der Waals surface area contributed by atoms with Crippen LogP contribution in [0.15, 0.2) is 30.7 Å². The molecule has 0 saturated carbocycles. The molecule has 0 unspecified atom stereocenters. The molecular weight excluding hydrogens is 326 g/mol. The molecule has 1 saturated heterocycles. The van der Waals surface area contributed by atoms with Gasteiger partial charge >= 0.3 is 0 Å². The van der Waals surface area contributed by atoms with Crippen molar-refractivity contribution >= 4 is 17.4 Å². The normalized spacial score (nSPS) is 17.5. The van der Waals surface area contributed by atoms with Crippen LogP contribution in [0, 0.1) is 5.92 Å². The van der Waals surface area contributed by atoms with Gasteiger partial charge in [0.2, 0.25) is 0 Å². The second kappa shape index (κ2) is 7.73. The summed E-state index contributed by atoms with van der Waals surface area (Å²) in [5.74, 6) is 0.969. The fourth-order valence-corrected chi connectivity index (χ4v) is 3.14. The van der Waals surface area contributed by atoms with E-state index in [-0.39, 0.29) is 11.7 Å². The van der Waals surface area contributed by atoms with Crippen molar-refractivity contribution in [3.05, 3.63) is 41.4 Å². The van der Waals surface area contributed by atoms with Crippen molar-refractivity contribution in [2.45, 2.75) is 19.3 Å². The van der Waals surface area contributed by atoms with Crippen LogP contribution in [0.1, 0.15) is 18.5 Å². The Morgan fingerprint density at radius 3 is 3.00 bits per heavy atom. The van der Waals surface area contributed by atoms with Crippen molar-refractivity contribution in [3.8, 4) is 16.9 Å². The molecule has 126 valence electrons. The number of ketones is 1. The highest BCUT2D eigenvalue weighted by atomic mass is 35.5. The van der Waals surface area contributed by atoms with E-state index < -0.39 is 0 Å². The SMILES string of the molecule is COc1cncc(-c2cc(CC(=O)[C@@H]3CCCNC3)ncc2Cl)c1. The van der Waals surface area contributed by atoms with Gasteiger partial charge in [-0.1, -0.05) is 11.6 Å². The van der Waals surface area contributed by atoms with E-state index in [1.165, 1.54) is 0 Å². The minimum Gasteiger partial charge on any atom is -0.495 e. The molecule has 24 heavy (non-hydrogen) atoms. The summed E-state index contributed by atoms with van der Waals surface area (Å²) in [6.07, 6.45) is 7.28. The third-order valence-electron chi connectivity index (χ3n) is 4.28. The van der Waals surface area contributed by atoms with Gasteiger partial charge in [-0.05, 0) is 31.5 Å². The first-order valence-electron chi connectivity index (χ1n) is 8.04. The largest absolute Gasteiger partial charge is 0.495 e. The number of Topliss-reactive ketones (excluding diaryl/α,β-unsaturated/α-hetero) is 1. The predicted molar refractivity (Wildman–Crippen MR) is 93.3 cm³/mol. The number of ether oxygens (including phenoxy) is 1. The van der Waals surface area contributed by atoms with Crippen molar-refractivity contribution in [2.75, 3.05) is 20.2 Å². The zero-order valence-electron chi connectivity index (χ0n) is 13.6. The van der Waals surface area contributed by atoms with Gasteiger partial charge in [-0.2, -0.15) is 0 Å². The van der Waals surface area contributed by atoms with Crippen LogP contribution in [0.3, 0.4) is 0 Å². The third kappa shape index (κ3) is 3.91. The maximum atomic E-state index is 12.5. The maximum Gasteiger partial charge on any atom is 0.143 e. The number of pyridine rings is 2. The summed E-state index contributed by atoms with van der Waals surface area (Å²) in [5.41, 5.74) is 2.38. The Kier molecular flexibility index (Phi) is 5.43. The molecule has 1 aliphatic heterocycles. The highest BCUT2D eigenvalue weighted by Crippen LogP contribution is 2.29. The quantitative estimate of drug-likeness (QED) is 0.902. The summed E-state index contributed by atoms with van der Waals surface area (Å²) in [7, 11) is 1.59. The van der Waals surface area contributed by atoms with Gasteiger partial charge in [-0.15, -0.1) is 0 Å². The Morgan fingerprint density at radius 1 is 1.38 bits per heavy atom. The second-order valence-electron chi connectivity index (χ2n) is 5.96. The fraction of sp³-hybridized carbons (Fsp3) is 0.389. The standard InChI is InChI=1S/C18H20ClN3O2/c1-24-15-5-13(9-21-10-15)16-6-14(22-11-17(16)19)7-18(23)12-3-2-4-20-8-12/h5-6,9-12,20H,2-4,7-8H2,1H3/t12-/m1/s1. The number of methoxy groups -OCH3 is 1. The number of piperidine rings is 1. The van der Waals surface area contributed by atoms with Crippen LogP contribution in [0.2, 0.25) is 5.02 Å². The van der Waals surface area contributed by atoms with Gasteiger partial charge < -0.3 is 10.1 Å². The zero-order chi connectivity index (χ0) is 16.9. The van der Waals surface area contributed by atoms with Gasteiger partial charge in [0.15, 0.2) is 0 Å². The predicted octanol–water partition coefficient (Wildman–Crippen LogP) is 2.92. The molecule has 1 atom stereocenters. The fourth-order valence-electron chi connectivity index (χ4n) is 2.93. The first kappa shape index (κ1) is 16.9. The summed E-state index contributed by atoms with van der Waals surface area (Å²) in [6.45, 7) is 1.76. The molecule has 3 heterocycles. The molecule has 0 radical (unpaired) electrons. The monoisotopic (exact) mass is 345 g/mol. The zero-order valence-corrected chi connectivity index (χ0v) is 14.3. The Hall–Kier alpha value is -1.98. The highest BCUT2D eigenvalue weighted by Gasteiger charge is 2.21. The second-order valence-corrected chi connectivity index (χ2v) is 6.36. The lowest BCUT2D eigenvalue weighted by Gasteiger charge is -2.21. The average molecular weight is 346 g/mol. The van der Waals surface area contributed by atoms with Crippen LogP contribution in [0.4, 0.5) is 0 Å². The van der Waals surface area contributed by atoms with E-state index >= 15 is 0 Å². The Morgan fingerprint density at radius 2 is 2.25 bits per heavy atom. The van der Waals surface area contributed by atoms with E-state index in [9.17, 15) is 4.79 Å². The van der Waals surface area contributed by atoms with Gasteiger partial charge in [-0.25, -0.2) is 0 Å². The van der Waals surface area contributed by atoms with E-state index in [0.717, 1.165) is 42.8 Å². The molecule has 2 aromatic rings. The maximum absolute atomic E-state index is 12.5. The number of nitrogens with one attached hydrogen (secondary N) is 1. The molecule has 3 rings (SSSR count). The number of hydrogen-bond acceptors (Lipinski definition) is 5. The number of aromatic nitrogens is 2. The van der Waals surface area contributed by atoms with Gasteiger partial charge in [0, 0.05) is 48.1 Å². The molecule has 0 bridgehead atoms. The number of carbonyl (C=O) groups excluding carboxylic acids is 1. The van der Waals surface area contributed by atoms with Crippen LogP contribution in [0.25, 0.3) is 11.1 Å². The first-order valence-corrected chi connectivity index (χ1v) is 8.42. The molecule has 2 aromatic heterocycles. The number of halogens is 1. The molecule has 0 amide bonds. The number of rotatable bonds is 5. The minimum atomic E-state index is 0.0816. The van der Waals surface area contributed by atoms with E-state index in [1.807, 2.05) is 12.1 Å². The number of nitrogens with zero attached hydrogens (tertiary/aromatic N) is 2. The van der Waals surface area contributed by atoms with Gasteiger partial charge in [0.25, 0.3) is 0 Å². The minimum absolute atomic E-state index is 0.0816. The molecule has 5 nitrogen and oxygen atoms in total. The van der Waals surface area contributed by atoms with E-state index in [4.69, 9.17) is 16.3 Å². The summed E-state index contributed by atoms with van der Waals surface area (Å²) in [5, 5.41) is 3.80. The third-order valence-corrected chi connectivity index (χ3v) is 4.58. The van der Waals surface area contributed by atoms with Crippen LogP contribution in [0.5, 0.6) is 5.75 Å². The van der Waals surface area contributed by atoms with Crippen molar-refractivity contribution in [1.82, 2.24) is 15.3 Å². The molecular formula is C18H20ClN3O2. The Balaban J connectivity index is 1.81. The van der Waals surface area contributed by atoms with Crippen LogP contribution in [-0.2, 0) is 11.2 Å². The van der Waals surface area contributed by atoms with Gasteiger partial charge in [0.05, 0.1) is 18.3 Å². The van der Waals surface area contributed by atoms with E-state index in [1.54, 1.807) is 25.7 Å². The number of hydrogen-bond donors (Lipinski definition) is 1. The van der Waals surface area contributed by atoms with Crippen LogP contribution in [-0.4, -0.2) is 36.0 Å². The molecule has 1 fully saturated rings. The van der Waals surface area contributed by atoms with Crippen molar-refractivity contribution in [3.63, 3.8) is 0 Å². The highest BCUT2D eigenvalue weighted by molar-refractivity contribution is 6.33. The molecule has 6 heteroatoms. The molecule has 0 aliphatic carbocycles. The first-order chi connectivity index (χ1) is 11.7. The average Bonchev–Trinajstić information content (AvgIpc) is 2.64. The Labute approximate surface area is 146 Å². The van der Waals surface area contributed by atoms with Crippen molar-refractivity contribution in [1.29, 1.82) is 0 Å². The van der Waals surface area contributed by atoms with E-state index in [0.29, 0.717) is 17.2 Å². The van der Waals surface area contributed by atoms with Gasteiger partial charge in [-0.3, -0.25) is 14.8 Å². The lowest BCUT2D eigenvalue weighted by Crippen LogP contribution is -2.35. The summed E-state index contributed by atoms with van der Waals surface area (Å²) in [6, 6.07) is 3.73. The molecule has 1 N–H and O–H groups in total. The molecule has 0 spiro atoms. The number of carbonyl (C=O) groups is 1. The lowest BCUT2D eigenvalue weighted by molar-refractivity contribution is -0.122. The Bertz CT molecular complexity index is 730. The van der Waals surface area contributed by atoms with Crippen molar-refractivity contribution < 1.29 is 9.53 Å². The van der Waals surface area contributed by atoms with Crippen LogP contribution >= 0.6 is 11.6 Å². The van der Waals surface area contributed by atoms with E-state index in [2.05, 4.69) is 15.3 Å². The van der Waals surface area contributed by atoms with Crippen molar-refractivity contribution in [2.24, 2.45) is 5.92 Å². The summed E-state index contributed by atoms with van der Waals surface area (Å²) < 4.78 is 5.21. The van der Waals surface area contributed by atoms with Gasteiger partial charge in [0.1, 0.15) is 11.5 Å².